The quantitative estimate of drug-likeness (QED) is 0.371. The van der Waals surface area contributed by atoms with E-state index < -0.39 is 36.8 Å². The highest BCUT2D eigenvalue weighted by atomic mass is 32.5. The minimum atomic E-state index is -9.85. The van der Waals surface area contributed by atoms with Gasteiger partial charge in [0.05, 0.1) is 10.6 Å². The van der Waals surface area contributed by atoms with Gasteiger partial charge in [-0.1, -0.05) is 19.4 Å². The van der Waals surface area contributed by atoms with Crippen molar-refractivity contribution in [1.82, 2.24) is 0 Å². The lowest BCUT2D eigenvalue weighted by Crippen LogP contribution is -2.24. The largest absolute Gasteiger partial charge is 0.370 e. The monoisotopic (exact) mass is 486 g/mol. The Labute approximate surface area is 175 Å². The lowest BCUT2D eigenvalue weighted by atomic mass is 10.1. The summed E-state index contributed by atoms with van der Waals surface area (Å²) in [5, 5.41) is 0. The van der Waals surface area contributed by atoms with Crippen molar-refractivity contribution in [2.75, 3.05) is 18.2 Å². The first-order chi connectivity index (χ1) is 13.7. The maximum Gasteiger partial charge on any atom is 0.310 e. The van der Waals surface area contributed by atoms with Crippen LogP contribution in [-0.2, 0) is 9.84 Å². The van der Waals surface area contributed by atoms with E-state index >= 15 is 0 Å². The first kappa shape index (κ1) is 24.4. The van der Waals surface area contributed by atoms with Crippen LogP contribution >= 0.6 is 10.2 Å². The molecular formula is C17H19F5N4O3S2. The average Bonchev–Trinajstić information content (AvgIpc) is 2.57. The molecule has 0 saturated heterocycles. The van der Waals surface area contributed by atoms with Gasteiger partial charge in [-0.05, 0) is 48.9 Å². The van der Waals surface area contributed by atoms with E-state index in [4.69, 9.17) is 11.5 Å². The second-order valence-electron chi connectivity index (χ2n) is 6.77. The van der Waals surface area contributed by atoms with Gasteiger partial charge in [-0.25, -0.2) is 8.42 Å². The van der Waals surface area contributed by atoms with Crippen LogP contribution in [0.5, 0.6) is 0 Å². The number of aryl methyl sites for hydroxylation is 1. The van der Waals surface area contributed by atoms with E-state index in [1.165, 1.54) is 24.9 Å². The van der Waals surface area contributed by atoms with E-state index in [0.717, 1.165) is 24.5 Å². The number of amides is 1. The number of aliphatic imine (C=N–C) groups is 1. The third-order valence-corrected chi connectivity index (χ3v) is 6.49. The molecule has 2 rings (SSSR count). The van der Waals surface area contributed by atoms with Crippen LogP contribution in [0.2, 0.25) is 0 Å². The number of hydrogen-bond donors (Lipinski definition) is 2. The van der Waals surface area contributed by atoms with Crippen LogP contribution in [0.4, 0.5) is 30.8 Å². The molecule has 0 atom stereocenters. The van der Waals surface area contributed by atoms with E-state index in [1.54, 1.807) is 0 Å². The number of carbonyl (C=O) groups is 1. The Kier molecular flexibility index (Phi) is 5.37. The van der Waals surface area contributed by atoms with Gasteiger partial charge in [0.2, 0.25) is 0 Å². The Bertz CT molecular complexity index is 1190. The average molecular weight is 486 g/mol. The summed E-state index contributed by atoms with van der Waals surface area (Å²) in [6, 6.07) is 4.34. The van der Waals surface area contributed by atoms with Gasteiger partial charge in [-0.3, -0.25) is 4.79 Å². The van der Waals surface area contributed by atoms with Crippen LogP contribution in [0, 0.1) is 6.92 Å². The van der Waals surface area contributed by atoms with Crippen LogP contribution in [0.1, 0.15) is 15.9 Å². The highest BCUT2D eigenvalue weighted by Crippen LogP contribution is 3.02. The van der Waals surface area contributed by atoms with Crippen molar-refractivity contribution in [2.45, 2.75) is 16.7 Å². The topological polar surface area (TPSA) is 119 Å². The van der Waals surface area contributed by atoms with Crippen LogP contribution < -0.4 is 16.4 Å². The number of nitrogens with zero attached hydrogens (tertiary/aromatic N) is 2. The molecule has 0 bridgehead atoms. The second kappa shape index (κ2) is 6.82. The van der Waals surface area contributed by atoms with E-state index in [-0.39, 0.29) is 39.5 Å². The third-order valence-electron chi connectivity index (χ3n) is 4.20. The van der Waals surface area contributed by atoms with Gasteiger partial charge in [0.25, 0.3) is 5.91 Å². The Morgan fingerprint density at radius 3 is 1.97 bits per heavy atom. The summed E-state index contributed by atoms with van der Waals surface area (Å²) in [6.45, 7) is 1.47. The molecule has 0 heterocycles. The zero-order valence-electron chi connectivity index (χ0n) is 16.4. The Hall–Kier alpha value is -2.87. The van der Waals surface area contributed by atoms with Gasteiger partial charge in [-0.15, -0.1) is 0 Å². The van der Waals surface area contributed by atoms with Crippen LogP contribution in [0.15, 0.2) is 51.2 Å². The van der Waals surface area contributed by atoms with Crippen molar-refractivity contribution >= 4 is 43.3 Å². The molecule has 0 radical (unpaired) electrons. The van der Waals surface area contributed by atoms with Crippen molar-refractivity contribution in [3.63, 3.8) is 0 Å². The predicted octanol–water partition coefficient (Wildman–Crippen LogP) is 4.24. The number of nitrogens with two attached hydrogens (primary N) is 2. The molecule has 31 heavy (non-hydrogen) atoms. The van der Waals surface area contributed by atoms with Gasteiger partial charge in [-0.2, -0.15) is 4.99 Å². The molecule has 2 aromatic carbocycles. The second-order valence-corrected chi connectivity index (χ2v) is 11.2. The molecule has 172 valence electrons. The van der Waals surface area contributed by atoms with Gasteiger partial charge in [0.1, 0.15) is 4.90 Å². The number of halogens is 5. The highest BCUT2D eigenvalue weighted by Gasteiger charge is 2.65. The Balaban J connectivity index is 2.64. The van der Waals surface area contributed by atoms with Gasteiger partial charge >= 0.3 is 10.2 Å². The number of rotatable bonds is 5. The predicted molar refractivity (Wildman–Crippen MR) is 110 cm³/mol. The summed E-state index contributed by atoms with van der Waals surface area (Å²) >= 11 is 0. The third kappa shape index (κ3) is 5.64. The highest BCUT2D eigenvalue weighted by molar-refractivity contribution is 8.45. The number of guanidine groups is 1. The summed E-state index contributed by atoms with van der Waals surface area (Å²) in [6.07, 6.45) is 0.862. The molecule has 0 aliphatic carbocycles. The molecule has 4 N–H and O–H groups in total. The standard InChI is InChI=1S/C17H19F5N4O3S2/c1-10-8-14(15(30(3,28)29)9-13(10)16(27)25-17(23)24)26(2)11-4-6-12(7-5-11)31(18,19,20,21)22/h4-9H,1-3H3,(H4,23,24,25,27). The molecule has 0 spiro atoms. The number of carbonyl (C=O) groups excluding carboxylic acids is 1. The summed E-state index contributed by atoms with van der Waals surface area (Å²) in [5.41, 5.74) is 10.5. The van der Waals surface area contributed by atoms with Crippen molar-refractivity contribution in [2.24, 2.45) is 16.5 Å². The fourth-order valence-corrected chi connectivity index (χ4v) is 4.26. The van der Waals surface area contributed by atoms with E-state index in [0.29, 0.717) is 0 Å². The summed E-state index contributed by atoms with van der Waals surface area (Å²) < 4.78 is 89.3. The summed E-state index contributed by atoms with van der Waals surface area (Å²) in [4.78, 5) is 14.3. The summed E-state index contributed by atoms with van der Waals surface area (Å²) in [7, 11) is -12.5. The number of sulfone groups is 1. The fourth-order valence-electron chi connectivity index (χ4n) is 2.71. The number of benzene rings is 2. The molecule has 1 amide bonds. The zero-order chi connectivity index (χ0) is 24.1. The van der Waals surface area contributed by atoms with Crippen LogP contribution in [0.3, 0.4) is 0 Å². The van der Waals surface area contributed by atoms with Gasteiger partial charge in [0, 0.05) is 24.6 Å². The van der Waals surface area contributed by atoms with Gasteiger partial charge in [0.15, 0.2) is 15.8 Å². The van der Waals surface area contributed by atoms with Crippen molar-refractivity contribution < 1.29 is 32.6 Å². The lowest BCUT2D eigenvalue weighted by Gasteiger charge is -2.40. The lowest BCUT2D eigenvalue weighted by molar-refractivity contribution is 0.100. The summed E-state index contributed by atoms with van der Waals surface area (Å²) in [5.74, 6) is -1.42. The molecule has 0 aliphatic heterocycles. The van der Waals surface area contributed by atoms with E-state index in [1.807, 2.05) is 0 Å². The maximum absolute atomic E-state index is 12.9. The van der Waals surface area contributed by atoms with Crippen molar-refractivity contribution in [3.8, 4) is 0 Å². The first-order valence-corrected chi connectivity index (χ1v) is 12.1. The molecule has 0 aromatic heterocycles. The maximum atomic E-state index is 12.9. The zero-order valence-corrected chi connectivity index (χ0v) is 18.1. The first-order valence-electron chi connectivity index (χ1n) is 8.27. The van der Waals surface area contributed by atoms with Crippen molar-refractivity contribution in [1.29, 1.82) is 0 Å². The van der Waals surface area contributed by atoms with E-state index in [2.05, 4.69) is 4.99 Å². The molecule has 2 aromatic rings. The molecule has 0 saturated carbocycles. The molecule has 0 aliphatic rings. The SMILES string of the molecule is Cc1cc(N(C)c2ccc(S(F)(F)(F)(F)F)cc2)c(S(C)(=O)=O)cc1C(=O)N=C(N)N. The van der Waals surface area contributed by atoms with E-state index in [9.17, 15) is 32.6 Å². The number of anilines is 2. The fraction of sp³-hybridized carbons (Fsp3) is 0.176. The van der Waals surface area contributed by atoms with Crippen molar-refractivity contribution in [3.05, 3.63) is 47.5 Å². The normalized spacial score (nSPS) is 14.3. The number of hydrogen-bond acceptors (Lipinski definition) is 4. The molecule has 0 fully saturated rings. The smallest absolute Gasteiger partial charge is 0.310 e. The molecule has 0 unspecified atom stereocenters. The minimum Gasteiger partial charge on any atom is -0.370 e. The van der Waals surface area contributed by atoms with Gasteiger partial charge < -0.3 is 16.4 Å². The Morgan fingerprint density at radius 1 is 1.03 bits per heavy atom. The van der Waals surface area contributed by atoms with Crippen LogP contribution in [0.25, 0.3) is 0 Å². The molecule has 7 nitrogen and oxygen atoms in total. The van der Waals surface area contributed by atoms with Crippen LogP contribution in [-0.4, -0.2) is 33.6 Å². The molecule has 14 heteroatoms. The molecular weight excluding hydrogens is 467 g/mol. The Morgan fingerprint density at radius 2 is 1.55 bits per heavy atom. The minimum absolute atomic E-state index is 0.00124.